The molecule has 0 aromatic heterocycles. The van der Waals surface area contributed by atoms with Crippen LogP contribution in [0.2, 0.25) is 0 Å². The molecule has 15 heavy (non-hydrogen) atoms. The van der Waals surface area contributed by atoms with E-state index in [1.165, 1.54) is 0 Å². The number of carbonyl (C=O) groups excluding carboxylic acids is 1. The summed E-state index contributed by atoms with van der Waals surface area (Å²) in [6.07, 6.45) is 0. The van der Waals surface area contributed by atoms with E-state index in [1.54, 1.807) is 27.8 Å². The smallest absolute Gasteiger partial charge is 0.239 e. The Bertz CT molecular complexity index is 309. The third kappa shape index (κ3) is 5.13. The van der Waals surface area contributed by atoms with Crippen LogP contribution < -0.4 is 10.6 Å². The normalized spacial score (nSPS) is 12.5. The maximum atomic E-state index is 11.5. The van der Waals surface area contributed by atoms with Crippen molar-refractivity contribution in [1.29, 1.82) is 0 Å². The average molecular weight is 236 g/mol. The maximum Gasteiger partial charge on any atom is 0.239 e. The first kappa shape index (κ1) is 14.4. The minimum Gasteiger partial charge on any atom is -0.353 e. The van der Waals surface area contributed by atoms with Crippen LogP contribution in [-0.4, -0.2) is 45.0 Å². The topological polar surface area (TPSA) is 75.3 Å². The van der Waals surface area contributed by atoms with Gasteiger partial charge >= 0.3 is 0 Å². The Labute approximate surface area is 91.5 Å². The fourth-order valence-electron chi connectivity index (χ4n) is 0.799. The summed E-state index contributed by atoms with van der Waals surface area (Å²) in [7, 11) is -1.32. The van der Waals surface area contributed by atoms with Crippen molar-refractivity contribution >= 4 is 15.7 Å². The van der Waals surface area contributed by atoms with Crippen LogP contribution in [0.25, 0.3) is 0 Å². The molecular formula is C9H20N2O3S. The average Bonchev–Trinajstić information content (AvgIpc) is 2.17. The Morgan fingerprint density at radius 1 is 1.33 bits per heavy atom. The van der Waals surface area contributed by atoms with E-state index in [2.05, 4.69) is 10.6 Å². The van der Waals surface area contributed by atoms with E-state index in [1.807, 2.05) is 0 Å². The molecule has 0 bridgehead atoms. The lowest BCUT2D eigenvalue weighted by Crippen LogP contribution is -2.51. The van der Waals surface area contributed by atoms with Crippen LogP contribution in [0.15, 0.2) is 0 Å². The summed E-state index contributed by atoms with van der Waals surface area (Å²) in [5, 5.41) is 5.42. The number of sulfone groups is 1. The second kappa shape index (κ2) is 5.46. The Balaban J connectivity index is 4.04. The molecule has 0 aliphatic heterocycles. The number of amides is 1. The number of hydrogen-bond acceptors (Lipinski definition) is 4. The largest absolute Gasteiger partial charge is 0.353 e. The molecule has 2 N–H and O–H groups in total. The summed E-state index contributed by atoms with van der Waals surface area (Å²) < 4.78 is 22.3. The highest BCUT2D eigenvalue weighted by atomic mass is 32.2. The van der Waals surface area contributed by atoms with Gasteiger partial charge in [-0.2, -0.15) is 0 Å². The van der Waals surface area contributed by atoms with Gasteiger partial charge in [0.15, 0.2) is 9.84 Å². The molecule has 0 aromatic carbocycles. The second-order valence-corrected chi connectivity index (χ2v) is 6.34. The van der Waals surface area contributed by atoms with Crippen molar-refractivity contribution in [2.45, 2.75) is 26.3 Å². The first-order chi connectivity index (χ1) is 6.75. The third-order valence-corrected chi connectivity index (χ3v) is 4.04. The van der Waals surface area contributed by atoms with E-state index in [4.69, 9.17) is 0 Å². The lowest BCUT2D eigenvalue weighted by Gasteiger charge is -2.22. The van der Waals surface area contributed by atoms with Gasteiger partial charge in [0.25, 0.3) is 0 Å². The first-order valence-corrected chi connectivity index (χ1v) is 6.75. The number of likely N-dealkylation sites (N-methyl/N-ethyl adjacent to an activating group) is 1. The van der Waals surface area contributed by atoms with E-state index in [9.17, 15) is 13.2 Å². The van der Waals surface area contributed by atoms with Gasteiger partial charge in [0.2, 0.25) is 5.91 Å². The summed E-state index contributed by atoms with van der Waals surface area (Å²) in [6, 6.07) is 0. The highest BCUT2D eigenvalue weighted by Crippen LogP contribution is 1.99. The molecule has 5 nitrogen and oxygen atoms in total. The van der Waals surface area contributed by atoms with Crippen LogP contribution in [0.1, 0.15) is 20.8 Å². The molecule has 0 aliphatic carbocycles. The third-order valence-electron chi connectivity index (χ3n) is 2.33. The van der Waals surface area contributed by atoms with Crippen LogP contribution in [0.5, 0.6) is 0 Å². The Morgan fingerprint density at radius 3 is 2.27 bits per heavy atom. The number of hydrogen-bond donors (Lipinski definition) is 2. The van der Waals surface area contributed by atoms with E-state index in [-0.39, 0.29) is 24.0 Å². The predicted octanol–water partition coefficient (Wildman–Crippen LogP) is -0.465. The fraction of sp³-hybridized carbons (Fsp3) is 0.889. The van der Waals surface area contributed by atoms with Crippen LogP contribution in [0, 0.1) is 0 Å². The molecule has 0 unspecified atom stereocenters. The van der Waals surface area contributed by atoms with Crippen molar-refractivity contribution in [3.8, 4) is 0 Å². The van der Waals surface area contributed by atoms with E-state index in [0.717, 1.165) is 0 Å². The van der Waals surface area contributed by atoms with Crippen molar-refractivity contribution in [3.63, 3.8) is 0 Å². The zero-order chi connectivity index (χ0) is 12.1. The summed E-state index contributed by atoms with van der Waals surface area (Å²) >= 11 is 0. The van der Waals surface area contributed by atoms with Gasteiger partial charge in [0, 0.05) is 12.3 Å². The molecule has 0 fully saturated rings. The van der Waals surface area contributed by atoms with Crippen molar-refractivity contribution < 1.29 is 13.2 Å². The van der Waals surface area contributed by atoms with Crippen molar-refractivity contribution in [2.75, 3.05) is 25.1 Å². The number of rotatable bonds is 6. The van der Waals surface area contributed by atoms with Gasteiger partial charge < -0.3 is 10.6 Å². The molecule has 90 valence electrons. The summed E-state index contributed by atoms with van der Waals surface area (Å²) in [5.41, 5.74) is -0.671. The summed E-state index contributed by atoms with van der Waals surface area (Å²) in [6.45, 7) is 5.22. The summed E-state index contributed by atoms with van der Waals surface area (Å²) in [4.78, 5) is 11.5. The van der Waals surface area contributed by atoms with Crippen molar-refractivity contribution in [2.24, 2.45) is 0 Å². The van der Waals surface area contributed by atoms with E-state index in [0.29, 0.717) is 0 Å². The molecule has 6 heteroatoms. The number of carbonyl (C=O) groups is 1. The molecular weight excluding hydrogens is 216 g/mol. The highest BCUT2D eigenvalue weighted by Gasteiger charge is 2.24. The molecule has 0 saturated heterocycles. The van der Waals surface area contributed by atoms with E-state index < -0.39 is 15.4 Å². The quantitative estimate of drug-likeness (QED) is 0.654. The lowest BCUT2D eigenvalue weighted by atomic mass is 10.1. The van der Waals surface area contributed by atoms with Gasteiger partial charge in [-0.15, -0.1) is 0 Å². The number of nitrogens with one attached hydrogen (secondary N) is 2. The Hall–Kier alpha value is -0.620. The zero-order valence-corrected chi connectivity index (χ0v) is 10.6. The minimum atomic E-state index is -3.00. The Kier molecular flexibility index (Phi) is 5.23. The SMILES string of the molecule is CCS(=O)(=O)CCNC(=O)C(C)(C)NC. The van der Waals surface area contributed by atoms with Gasteiger partial charge in [0.05, 0.1) is 11.3 Å². The van der Waals surface area contributed by atoms with Crippen LogP contribution in [0.3, 0.4) is 0 Å². The Morgan fingerprint density at radius 2 is 1.87 bits per heavy atom. The molecule has 0 atom stereocenters. The van der Waals surface area contributed by atoms with Crippen molar-refractivity contribution in [3.05, 3.63) is 0 Å². The van der Waals surface area contributed by atoms with E-state index >= 15 is 0 Å². The van der Waals surface area contributed by atoms with Crippen molar-refractivity contribution in [1.82, 2.24) is 10.6 Å². The lowest BCUT2D eigenvalue weighted by molar-refractivity contribution is -0.126. The monoisotopic (exact) mass is 236 g/mol. The fourth-order valence-corrected chi connectivity index (χ4v) is 1.50. The highest BCUT2D eigenvalue weighted by molar-refractivity contribution is 7.91. The van der Waals surface area contributed by atoms with Gasteiger partial charge in [-0.05, 0) is 20.9 Å². The molecule has 0 heterocycles. The molecule has 0 rings (SSSR count). The second-order valence-electron chi connectivity index (χ2n) is 3.87. The molecule has 0 saturated carbocycles. The first-order valence-electron chi connectivity index (χ1n) is 4.93. The standard InChI is InChI=1S/C9H20N2O3S/c1-5-15(13,14)7-6-11-8(12)9(2,3)10-4/h10H,5-7H2,1-4H3,(H,11,12). The molecule has 0 radical (unpaired) electrons. The molecule has 1 amide bonds. The molecule has 0 aliphatic rings. The predicted molar refractivity (Wildman–Crippen MR) is 60.5 cm³/mol. The van der Waals surface area contributed by atoms with Crippen LogP contribution in [0.4, 0.5) is 0 Å². The maximum absolute atomic E-state index is 11.5. The summed E-state index contributed by atoms with van der Waals surface area (Å²) in [5.74, 6) is -0.0934. The molecule has 0 spiro atoms. The van der Waals surface area contributed by atoms with Crippen LogP contribution >= 0.6 is 0 Å². The van der Waals surface area contributed by atoms with Gasteiger partial charge in [0.1, 0.15) is 0 Å². The molecule has 0 aromatic rings. The van der Waals surface area contributed by atoms with Crippen LogP contribution in [-0.2, 0) is 14.6 Å². The van der Waals surface area contributed by atoms with Gasteiger partial charge in [-0.1, -0.05) is 6.92 Å². The zero-order valence-electron chi connectivity index (χ0n) is 9.75. The van der Waals surface area contributed by atoms with Gasteiger partial charge in [-0.25, -0.2) is 8.42 Å². The van der Waals surface area contributed by atoms with Gasteiger partial charge in [-0.3, -0.25) is 4.79 Å². The minimum absolute atomic E-state index is 0.00493.